The summed E-state index contributed by atoms with van der Waals surface area (Å²) in [6, 6.07) is 9.43. The van der Waals surface area contributed by atoms with E-state index in [0.29, 0.717) is 24.3 Å². The molecule has 0 unspecified atom stereocenters. The molecule has 6 N–H and O–H groups in total. The van der Waals surface area contributed by atoms with Gasteiger partial charge in [0.25, 0.3) is 0 Å². The first-order valence-electron chi connectivity index (χ1n) is 11.3. The Morgan fingerprint density at radius 2 is 2.22 bits per heavy atom. The van der Waals surface area contributed by atoms with Crippen LogP contribution >= 0.6 is 20.7 Å². The molecule has 36 heavy (non-hydrogen) atoms. The fourth-order valence-corrected chi connectivity index (χ4v) is 5.78. The Labute approximate surface area is 218 Å². The van der Waals surface area contributed by atoms with E-state index in [0.717, 1.165) is 51.6 Å². The van der Waals surface area contributed by atoms with Crippen LogP contribution in [0.5, 0.6) is 0 Å². The number of aromatic amines is 1. The number of anilines is 3. The van der Waals surface area contributed by atoms with Crippen LogP contribution in [0.2, 0.25) is 0 Å². The standard InChI is InChI=1S/C26H26IN7O2/c1-36-20-11-19(13-27-14-20)32-26(35)34-8-5-16(6-9-34)24-12-21-23(4-7-30-25(21)33-24)31-18-2-3-22(29)17(10-18)15-28/h2-5,7,10-15,28H,6,8-9,29H2,1H3,(H,32,35)(H2,30,31,33). The summed E-state index contributed by atoms with van der Waals surface area (Å²) in [4.78, 5) is 22.5. The normalized spacial score (nSPS) is 15.4. The van der Waals surface area contributed by atoms with Gasteiger partial charge in [-0.1, -0.05) is 26.8 Å². The van der Waals surface area contributed by atoms with Crippen molar-refractivity contribution in [3.63, 3.8) is 0 Å². The maximum Gasteiger partial charge on any atom is 0.322 e. The SMILES string of the molecule is COC1=CC(NC(=O)N2CC=C(c3cc4c(Nc5ccc(N)c(C=N)c5)ccnc4[nH]3)CC2)=CI=C1. The predicted octanol–water partition coefficient (Wildman–Crippen LogP) is 4.84. The van der Waals surface area contributed by atoms with Gasteiger partial charge in [-0.05, 0) is 46.4 Å². The zero-order valence-electron chi connectivity index (χ0n) is 19.6. The molecule has 2 amide bonds. The number of halogens is 1. The summed E-state index contributed by atoms with van der Waals surface area (Å²) in [5.74, 6) is 0.800. The smallest absolute Gasteiger partial charge is 0.322 e. The molecule has 1 aromatic carbocycles. The Hall–Kier alpha value is -3.93. The fourth-order valence-electron chi connectivity index (χ4n) is 4.09. The highest BCUT2D eigenvalue weighted by Gasteiger charge is 2.20. The Morgan fingerprint density at radius 3 is 3.00 bits per heavy atom. The number of nitrogens with zero attached hydrogens (tertiary/aromatic N) is 2. The van der Waals surface area contributed by atoms with E-state index in [2.05, 4.69) is 40.8 Å². The van der Waals surface area contributed by atoms with Gasteiger partial charge in [0.15, 0.2) is 0 Å². The maximum atomic E-state index is 12.8. The van der Waals surface area contributed by atoms with Gasteiger partial charge in [-0.25, -0.2) is 9.78 Å². The Bertz CT molecular complexity index is 1470. The van der Waals surface area contributed by atoms with Crippen LogP contribution in [0.4, 0.5) is 21.9 Å². The quantitative estimate of drug-likeness (QED) is 0.158. The van der Waals surface area contributed by atoms with Gasteiger partial charge in [0, 0.05) is 63.6 Å². The molecular formula is C26H26IN7O2. The van der Waals surface area contributed by atoms with Gasteiger partial charge in [0.2, 0.25) is 0 Å². The number of carbonyl (C=O) groups excluding carboxylic acids is 1. The predicted molar refractivity (Wildman–Crippen MR) is 154 cm³/mol. The first-order valence-corrected chi connectivity index (χ1v) is 13.8. The summed E-state index contributed by atoms with van der Waals surface area (Å²) in [6.07, 6.45) is 7.68. The van der Waals surface area contributed by atoms with Crippen LogP contribution in [0, 0.1) is 5.41 Å². The fraction of sp³-hybridized carbons (Fsp3) is 0.154. The van der Waals surface area contributed by atoms with E-state index in [1.54, 1.807) is 24.3 Å². The number of nitrogen functional groups attached to an aromatic ring is 1. The number of hydrogen-bond acceptors (Lipinski definition) is 6. The Kier molecular flexibility index (Phi) is 6.85. The van der Waals surface area contributed by atoms with E-state index in [-0.39, 0.29) is 26.8 Å². The minimum atomic E-state index is -0.251. The number of aromatic nitrogens is 2. The molecule has 2 aliphatic rings. The molecule has 0 saturated carbocycles. The van der Waals surface area contributed by atoms with Gasteiger partial charge in [-0.2, -0.15) is 0 Å². The van der Waals surface area contributed by atoms with Crippen molar-refractivity contribution in [1.29, 1.82) is 5.41 Å². The minimum absolute atomic E-state index is 0.105. The van der Waals surface area contributed by atoms with Crippen LogP contribution in [0.3, 0.4) is 0 Å². The van der Waals surface area contributed by atoms with Crippen molar-refractivity contribution in [2.45, 2.75) is 6.42 Å². The third-order valence-corrected chi connectivity index (χ3v) is 8.04. The number of amides is 2. The first-order chi connectivity index (χ1) is 17.5. The van der Waals surface area contributed by atoms with E-state index in [1.807, 2.05) is 24.3 Å². The molecule has 3 aromatic rings. The minimum Gasteiger partial charge on any atom is -0.496 e. The number of ether oxygens (including phenoxy) is 1. The van der Waals surface area contributed by atoms with Crippen molar-refractivity contribution < 1.29 is 9.53 Å². The summed E-state index contributed by atoms with van der Waals surface area (Å²) in [5, 5.41) is 14.9. The average Bonchev–Trinajstić information content (AvgIpc) is 3.35. The molecule has 10 heteroatoms. The van der Waals surface area contributed by atoms with Gasteiger partial charge in [-0.3, -0.25) is 0 Å². The number of allylic oxidation sites excluding steroid dienone is 2. The molecule has 0 atom stereocenters. The third-order valence-electron chi connectivity index (χ3n) is 6.03. The number of hydrogen-bond donors (Lipinski definition) is 5. The molecule has 2 aliphatic heterocycles. The van der Waals surface area contributed by atoms with Gasteiger partial charge < -0.3 is 36.4 Å². The largest absolute Gasteiger partial charge is 0.496 e. The lowest BCUT2D eigenvalue weighted by atomic mass is 10.0. The summed E-state index contributed by atoms with van der Waals surface area (Å²) in [6.45, 7) is 1.15. The third kappa shape index (κ3) is 5.03. The van der Waals surface area contributed by atoms with Crippen molar-refractivity contribution in [3.8, 4) is 0 Å². The van der Waals surface area contributed by atoms with Crippen molar-refractivity contribution in [3.05, 3.63) is 75.5 Å². The molecule has 0 radical (unpaired) electrons. The number of rotatable bonds is 6. The molecule has 0 fully saturated rings. The van der Waals surface area contributed by atoms with Crippen LogP contribution in [-0.2, 0) is 4.74 Å². The molecular weight excluding hydrogens is 569 g/mol. The lowest BCUT2D eigenvalue weighted by Gasteiger charge is -2.26. The second kappa shape index (κ2) is 10.4. The number of fused-ring (bicyclic) bond motifs is 1. The molecule has 9 nitrogen and oxygen atoms in total. The molecule has 4 heterocycles. The van der Waals surface area contributed by atoms with Crippen LogP contribution < -0.4 is 16.4 Å². The second-order valence-electron chi connectivity index (χ2n) is 8.32. The summed E-state index contributed by atoms with van der Waals surface area (Å²) < 4.78 is 9.43. The average molecular weight is 595 g/mol. The summed E-state index contributed by atoms with van der Waals surface area (Å²) in [7, 11) is 1.64. The number of H-pyrrole nitrogens is 1. The molecule has 5 rings (SSSR count). The van der Waals surface area contributed by atoms with Crippen LogP contribution in [-0.4, -0.2) is 51.3 Å². The molecule has 0 spiro atoms. The van der Waals surface area contributed by atoms with Gasteiger partial charge in [-0.15, -0.1) is 0 Å². The molecule has 184 valence electrons. The van der Waals surface area contributed by atoms with Crippen molar-refractivity contribution in [2.75, 3.05) is 31.2 Å². The molecule has 0 saturated heterocycles. The highest BCUT2D eigenvalue weighted by atomic mass is 127. The zero-order valence-corrected chi connectivity index (χ0v) is 21.8. The lowest BCUT2D eigenvalue weighted by Crippen LogP contribution is -2.41. The van der Waals surface area contributed by atoms with Crippen LogP contribution in [0.1, 0.15) is 17.7 Å². The summed E-state index contributed by atoms with van der Waals surface area (Å²) in [5.41, 5.74) is 12.6. The van der Waals surface area contributed by atoms with Gasteiger partial charge in [0.1, 0.15) is 11.4 Å². The number of carbonyl (C=O) groups is 1. The van der Waals surface area contributed by atoms with E-state index in [9.17, 15) is 4.79 Å². The number of pyridine rings is 1. The monoisotopic (exact) mass is 595 g/mol. The molecule has 0 bridgehead atoms. The van der Waals surface area contributed by atoms with Gasteiger partial charge in [0.05, 0.1) is 18.5 Å². The van der Waals surface area contributed by atoms with E-state index in [1.165, 1.54) is 6.21 Å². The number of urea groups is 1. The topological polar surface area (TPSA) is 132 Å². The van der Waals surface area contributed by atoms with E-state index < -0.39 is 0 Å². The molecule has 2 aromatic heterocycles. The van der Waals surface area contributed by atoms with E-state index >= 15 is 0 Å². The molecule has 0 aliphatic carbocycles. The van der Waals surface area contributed by atoms with Crippen LogP contribution in [0.15, 0.2) is 64.2 Å². The van der Waals surface area contributed by atoms with Crippen LogP contribution in [0.25, 0.3) is 16.6 Å². The van der Waals surface area contributed by atoms with Crippen molar-refractivity contribution in [1.82, 2.24) is 20.2 Å². The second-order valence-corrected chi connectivity index (χ2v) is 10.3. The number of benzene rings is 1. The number of methoxy groups -OCH3 is 1. The van der Waals surface area contributed by atoms with E-state index in [4.69, 9.17) is 15.9 Å². The maximum absolute atomic E-state index is 12.8. The van der Waals surface area contributed by atoms with Crippen molar-refractivity contribution in [2.24, 2.45) is 0 Å². The zero-order chi connectivity index (χ0) is 25.1. The van der Waals surface area contributed by atoms with Gasteiger partial charge >= 0.3 is 6.03 Å². The number of nitrogens with two attached hydrogens (primary N) is 1. The lowest BCUT2D eigenvalue weighted by molar-refractivity contribution is 0.206. The number of nitrogens with one attached hydrogen (secondary N) is 4. The Morgan fingerprint density at radius 1 is 1.33 bits per heavy atom. The van der Waals surface area contributed by atoms with Crippen molar-refractivity contribution >= 4 is 70.7 Å². The first kappa shape index (κ1) is 23.8. The highest BCUT2D eigenvalue weighted by Crippen LogP contribution is 2.31. The summed E-state index contributed by atoms with van der Waals surface area (Å²) >= 11 is -0.251. The highest BCUT2D eigenvalue weighted by molar-refractivity contribution is 14.2. The Balaban J connectivity index is 1.30.